The highest BCUT2D eigenvalue weighted by Crippen LogP contribution is 2.43. The first-order valence-corrected chi connectivity index (χ1v) is 5.93. The van der Waals surface area contributed by atoms with E-state index in [1.54, 1.807) is 0 Å². The molecule has 0 aliphatic heterocycles. The zero-order valence-corrected chi connectivity index (χ0v) is 10.6. The molecule has 1 aromatic rings. The minimum atomic E-state index is -0.0355. The number of hydrogen-bond donors (Lipinski definition) is 2. The molecule has 0 saturated carbocycles. The fourth-order valence-electron chi connectivity index (χ4n) is 2.62. The van der Waals surface area contributed by atoms with Gasteiger partial charge in [0.05, 0.1) is 0 Å². The van der Waals surface area contributed by atoms with Crippen LogP contribution < -0.4 is 5.73 Å². The van der Waals surface area contributed by atoms with Gasteiger partial charge in [-0.3, -0.25) is 0 Å². The van der Waals surface area contributed by atoms with Crippen LogP contribution in [0.5, 0.6) is 5.75 Å². The molecule has 16 heavy (non-hydrogen) atoms. The maximum Gasteiger partial charge on any atom is 0.124 e. The van der Waals surface area contributed by atoms with Crippen molar-refractivity contribution in [3.05, 3.63) is 28.3 Å². The van der Waals surface area contributed by atoms with Crippen LogP contribution in [0.3, 0.4) is 0 Å². The van der Waals surface area contributed by atoms with Crippen LogP contribution in [0, 0.1) is 6.92 Å². The molecule has 2 heteroatoms. The van der Waals surface area contributed by atoms with E-state index in [1.807, 2.05) is 0 Å². The topological polar surface area (TPSA) is 46.2 Å². The SMILES string of the molecule is Cc1cc(C(C)(C)C)c(O)c2c1CC[C@@H]2N. The number of fused-ring (bicyclic) bond motifs is 1. The number of hydrogen-bond acceptors (Lipinski definition) is 2. The molecule has 0 fully saturated rings. The molecule has 0 bridgehead atoms. The Balaban J connectivity index is 2.69. The second-order valence-electron chi connectivity index (χ2n) is 5.88. The van der Waals surface area contributed by atoms with Crippen molar-refractivity contribution in [3.63, 3.8) is 0 Å². The third kappa shape index (κ3) is 1.61. The summed E-state index contributed by atoms with van der Waals surface area (Å²) in [6, 6.07) is 2.13. The van der Waals surface area contributed by atoms with Gasteiger partial charge in [-0.05, 0) is 41.9 Å². The van der Waals surface area contributed by atoms with Crippen LogP contribution in [0.15, 0.2) is 6.07 Å². The van der Waals surface area contributed by atoms with E-state index in [4.69, 9.17) is 5.73 Å². The molecule has 0 heterocycles. The van der Waals surface area contributed by atoms with Crippen molar-refractivity contribution in [2.45, 2.75) is 52.0 Å². The van der Waals surface area contributed by atoms with Gasteiger partial charge in [-0.25, -0.2) is 0 Å². The maximum atomic E-state index is 10.4. The minimum Gasteiger partial charge on any atom is -0.507 e. The van der Waals surface area contributed by atoms with E-state index < -0.39 is 0 Å². The van der Waals surface area contributed by atoms with Crippen molar-refractivity contribution in [3.8, 4) is 5.75 Å². The summed E-state index contributed by atoms with van der Waals surface area (Å²) in [5, 5.41) is 10.4. The first-order valence-electron chi connectivity index (χ1n) is 5.93. The van der Waals surface area contributed by atoms with Crippen LogP contribution in [-0.2, 0) is 11.8 Å². The highest BCUT2D eigenvalue weighted by atomic mass is 16.3. The van der Waals surface area contributed by atoms with E-state index in [-0.39, 0.29) is 11.5 Å². The first-order chi connectivity index (χ1) is 7.32. The van der Waals surface area contributed by atoms with Crippen LogP contribution in [0.4, 0.5) is 0 Å². The third-order valence-corrected chi connectivity index (χ3v) is 3.56. The molecule has 1 aliphatic carbocycles. The fourth-order valence-corrected chi connectivity index (χ4v) is 2.62. The zero-order valence-electron chi connectivity index (χ0n) is 10.6. The van der Waals surface area contributed by atoms with Crippen molar-refractivity contribution in [2.24, 2.45) is 5.73 Å². The molecular weight excluding hydrogens is 198 g/mol. The average molecular weight is 219 g/mol. The van der Waals surface area contributed by atoms with Crippen molar-refractivity contribution in [2.75, 3.05) is 0 Å². The minimum absolute atomic E-state index is 0.0102. The fraction of sp³-hybridized carbons (Fsp3) is 0.571. The lowest BCUT2D eigenvalue weighted by Crippen LogP contribution is -2.14. The van der Waals surface area contributed by atoms with E-state index in [2.05, 4.69) is 33.8 Å². The summed E-state index contributed by atoms with van der Waals surface area (Å²) in [7, 11) is 0. The summed E-state index contributed by atoms with van der Waals surface area (Å²) < 4.78 is 0. The second kappa shape index (κ2) is 3.49. The molecule has 0 spiro atoms. The molecule has 0 radical (unpaired) electrons. The zero-order chi connectivity index (χ0) is 12.1. The monoisotopic (exact) mass is 219 g/mol. The van der Waals surface area contributed by atoms with E-state index in [1.165, 1.54) is 11.1 Å². The Bertz CT molecular complexity index is 429. The van der Waals surface area contributed by atoms with Gasteiger partial charge in [-0.15, -0.1) is 0 Å². The molecule has 1 aliphatic rings. The molecule has 2 nitrogen and oxygen atoms in total. The number of phenols is 1. The lowest BCUT2D eigenvalue weighted by Gasteiger charge is -2.24. The lowest BCUT2D eigenvalue weighted by atomic mass is 9.82. The Morgan fingerprint density at radius 3 is 2.56 bits per heavy atom. The Morgan fingerprint density at radius 2 is 2.00 bits per heavy atom. The number of aromatic hydroxyl groups is 1. The quantitative estimate of drug-likeness (QED) is 0.704. The summed E-state index contributed by atoms with van der Waals surface area (Å²) in [5.41, 5.74) is 10.6. The number of phenolic OH excluding ortho intramolecular Hbond substituents is 1. The highest BCUT2D eigenvalue weighted by molar-refractivity contribution is 5.55. The van der Waals surface area contributed by atoms with Gasteiger partial charge in [0, 0.05) is 11.6 Å². The largest absolute Gasteiger partial charge is 0.507 e. The Hall–Kier alpha value is -1.02. The van der Waals surface area contributed by atoms with Crippen LogP contribution >= 0.6 is 0 Å². The molecule has 1 aromatic carbocycles. The normalized spacial score (nSPS) is 19.9. The lowest BCUT2D eigenvalue weighted by molar-refractivity contribution is 0.436. The standard InChI is InChI=1S/C14H21NO/c1-8-7-10(14(2,3)4)13(16)12-9(8)5-6-11(12)15/h7,11,16H,5-6,15H2,1-4H3/t11-/m0/s1. The smallest absolute Gasteiger partial charge is 0.124 e. The van der Waals surface area contributed by atoms with Crippen LogP contribution in [0.2, 0.25) is 0 Å². The maximum absolute atomic E-state index is 10.4. The van der Waals surface area contributed by atoms with Crippen molar-refractivity contribution < 1.29 is 5.11 Å². The molecule has 2 rings (SSSR count). The predicted octanol–water partition coefficient (Wildman–Crippen LogP) is 2.94. The van der Waals surface area contributed by atoms with Crippen molar-refractivity contribution in [1.82, 2.24) is 0 Å². The van der Waals surface area contributed by atoms with Gasteiger partial charge in [-0.2, -0.15) is 0 Å². The van der Waals surface area contributed by atoms with E-state index in [9.17, 15) is 5.11 Å². The number of rotatable bonds is 0. The van der Waals surface area contributed by atoms with Crippen LogP contribution in [-0.4, -0.2) is 5.11 Å². The van der Waals surface area contributed by atoms with Gasteiger partial charge in [0.15, 0.2) is 0 Å². The van der Waals surface area contributed by atoms with Gasteiger partial charge in [-0.1, -0.05) is 26.8 Å². The van der Waals surface area contributed by atoms with Gasteiger partial charge in [0.25, 0.3) is 0 Å². The van der Waals surface area contributed by atoms with Gasteiger partial charge < -0.3 is 10.8 Å². The van der Waals surface area contributed by atoms with Crippen LogP contribution in [0.1, 0.15) is 55.5 Å². The van der Waals surface area contributed by atoms with E-state index in [0.29, 0.717) is 5.75 Å². The van der Waals surface area contributed by atoms with Crippen molar-refractivity contribution in [1.29, 1.82) is 0 Å². The summed E-state index contributed by atoms with van der Waals surface area (Å²) in [5.74, 6) is 0.429. The summed E-state index contributed by atoms with van der Waals surface area (Å²) in [6.45, 7) is 8.47. The third-order valence-electron chi connectivity index (χ3n) is 3.56. The second-order valence-corrected chi connectivity index (χ2v) is 5.88. The number of benzene rings is 1. The Labute approximate surface area is 97.5 Å². The van der Waals surface area contributed by atoms with Gasteiger partial charge in [0.2, 0.25) is 0 Å². The molecular formula is C14H21NO. The Kier molecular flexibility index (Phi) is 2.50. The average Bonchev–Trinajstić information content (AvgIpc) is 2.53. The summed E-state index contributed by atoms with van der Waals surface area (Å²) >= 11 is 0. The molecule has 0 unspecified atom stereocenters. The van der Waals surface area contributed by atoms with Gasteiger partial charge >= 0.3 is 0 Å². The predicted molar refractivity (Wildman–Crippen MR) is 66.8 cm³/mol. The molecule has 88 valence electrons. The van der Waals surface area contributed by atoms with Crippen LogP contribution in [0.25, 0.3) is 0 Å². The molecule has 3 N–H and O–H groups in total. The van der Waals surface area contributed by atoms with Gasteiger partial charge in [0.1, 0.15) is 5.75 Å². The highest BCUT2D eigenvalue weighted by Gasteiger charge is 2.29. The van der Waals surface area contributed by atoms with E-state index in [0.717, 1.165) is 24.0 Å². The molecule has 0 amide bonds. The summed E-state index contributed by atoms with van der Waals surface area (Å²) in [6.07, 6.45) is 1.96. The Morgan fingerprint density at radius 1 is 1.38 bits per heavy atom. The number of aryl methyl sites for hydroxylation is 1. The van der Waals surface area contributed by atoms with E-state index >= 15 is 0 Å². The summed E-state index contributed by atoms with van der Waals surface area (Å²) in [4.78, 5) is 0. The van der Waals surface area contributed by atoms with Crippen molar-refractivity contribution >= 4 is 0 Å². The number of nitrogens with two attached hydrogens (primary N) is 1. The molecule has 0 saturated heterocycles. The first kappa shape index (κ1) is 11.5. The molecule has 0 aromatic heterocycles. The molecule has 1 atom stereocenters.